The molecule has 0 aliphatic heterocycles. The van der Waals surface area contributed by atoms with E-state index < -0.39 is 16.9 Å². The second-order valence-corrected chi connectivity index (χ2v) is 4.62. The van der Waals surface area contributed by atoms with Crippen molar-refractivity contribution in [2.75, 3.05) is 0 Å². The van der Waals surface area contributed by atoms with E-state index in [4.69, 9.17) is 0 Å². The zero-order valence-electron chi connectivity index (χ0n) is 9.91. The number of nitrogens with zero attached hydrogens (tertiary/aromatic N) is 1. The molecule has 5 heteroatoms. The lowest BCUT2D eigenvalue weighted by molar-refractivity contribution is -0.385. The molecule has 2 rings (SSSR count). The summed E-state index contributed by atoms with van der Waals surface area (Å²) in [7, 11) is 0. The molecule has 96 valence electrons. The van der Waals surface area contributed by atoms with Gasteiger partial charge in [-0.15, -0.1) is 0 Å². The monoisotopic (exact) mass is 249 g/mol. The number of hydrogen-bond donors (Lipinski definition) is 1. The molecule has 0 aromatic heterocycles. The largest absolute Gasteiger partial charge is 0.388 e. The van der Waals surface area contributed by atoms with E-state index in [0.29, 0.717) is 18.4 Å². The second-order valence-electron chi connectivity index (χ2n) is 4.62. The third-order valence-electron chi connectivity index (χ3n) is 3.41. The Morgan fingerprint density at radius 2 is 2.17 bits per heavy atom. The van der Waals surface area contributed by atoms with Gasteiger partial charge < -0.3 is 5.11 Å². The van der Waals surface area contributed by atoms with E-state index >= 15 is 0 Å². The number of Topliss-reactive ketones (excluding diaryl/α,β-unsaturated/α-hetero) is 1. The van der Waals surface area contributed by atoms with E-state index in [9.17, 15) is 20.0 Å². The Kier molecular flexibility index (Phi) is 3.72. The van der Waals surface area contributed by atoms with Crippen molar-refractivity contribution in [3.8, 4) is 0 Å². The lowest BCUT2D eigenvalue weighted by Crippen LogP contribution is -2.25. The molecule has 1 N–H and O–H groups in total. The molecule has 0 bridgehead atoms. The Labute approximate surface area is 105 Å². The predicted octanol–water partition coefficient (Wildman–Crippen LogP) is 2.39. The van der Waals surface area contributed by atoms with Gasteiger partial charge in [0.25, 0.3) is 5.69 Å². The molecule has 1 aromatic carbocycles. The molecule has 0 saturated heterocycles. The van der Waals surface area contributed by atoms with Crippen LogP contribution in [0.3, 0.4) is 0 Å². The Morgan fingerprint density at radius 1 is 1.39 bits per heavy atom. The fourth-order valence-corrected chi connectivity index (χ4v) is 2.40. The number of ketones is 1. The maximum absolute atomic E-state index is 11.7. The Bertz CT molecular complexity index is 472. The van der Waals surface area contributed by atoms with E-state index in [1.165, 1.54) is 18.2 Å². The van der Waals surface area contributed by atoms with Gasteiger partial charge in [0.05, 0.1) is 11.0 Å². The van der Waals surface area contributed by atoms with E-state index in [1.54, 1.807) is 6.07 Å². The van der Waals surface area contributed by atoms with Gasteiger partial charge in [-0.1, -0.05) is 18.6 Å². The molecule has 18 heavy (non-hydrogen) atoms. The minimum absolute atomic E-state index is 0.0558. The Hall–Kier alpha value is -1.75. The maximum atomic E-state index is 11.7. The fraction of sp³-hybridized carbons (Fsp3) is 0.462. The normalized spacial score (nSPS) is 21.6. The van der Waals surface area contributed by atoms with Crippen molar-refractivity contribution in [3.63, 3.8) is 0 Å². The van der Waals surface area contributed by atoms with Crippen molar-refractivity contribution in [2.24, 2.45) is 5.92 Å². The van der Waals surface area contributed by atoms with Crippen LogP contribution in [-0.4, -0.2) is 15.8 Å². The number of non-ortho nitro benzene ring substituents is 1. The van der Waals surface area contributed by atoms with Crippen molar-refractivity contribution in [1.82, 2.24) is 0 Å². The highest BCUT2D eigenvalue weighted by Crippen LogP contribution is 2.33. The maximum Gasteiger partial charge on any atom is 0.269 e. The minimum Gasteiger partial charge on any atom is -0.388 e. The lowest BCUT2D eigenvalue weighted by Gasteiger charge is -2.25. The molecule has 1 aromatic rings. The van der Waals surface area contributed by atoms with Gasteiger partial charge in [-0.3, -0.25) is 14.9 Å². The van der Waals surface area contributed by atoms with Crippen molar-refractivity contribution in [3.05, 3.63) is 39.9 Å². The summed E-state index contributed by atoms with van der Waals surface area (Å²) in [5.74, 6) is -0.360. The van der Waals surface area contributed by atoms with Crippen LogP contribution in [0.25, 0.3) is 0 Å². The quantitative estimate of drug-likeness (QED) is 0.658. The van der Waals surface area contributed by atoms with Crippen molar-refractivity contribution < 1.29 is 14.8 Å². The van der Waals surface area contributed by atoms with E-state index in [0.717, 1.165) is 12.8 Å². The summed E-state index contributed by atoms with van der Waals surface area (Å²) in [6.07, 6.45) is 2.01. The van der Waals surface area contributed by atoms with Crippen LogP contribution in [0.4, 0.5) is 5.69 Å². The van der Waals surface area contributed by atoms with Gasteiger partial charge in [0.15, 0.2) is 0 Å². The second kappa shape index (κ2) is 5.27. The number of benzene rings is 1. The van der Waals surface area contributed by atoms with Gasteiger partial charge >= 0.3 is 0 Å². The van der Waals surface area contributed by atoms with Gasteiger partial charge in [-0.05, 0) is 18.4 Å². The molecular formula is C13H15NO4. The van der Waals surface area contributed by atoms with Crippen LogP contribution in [0, 0.1) is 16.0 Å². The van der Waals surface area contributed by atoms with Crippen LogP contribution in [0.15, 0.2) is 24.3 Å². The number of nitro benzene ring substituents is 1. The number of aliphatic hydroxyl groups excluding tert-OH is 1. The number of hydrogen-bond acceptors (Lipinski definition) is 4. The lowest BCUT2D eigenvalue weighted by atomic mass is 9.81. The molecule has 1 aliphatic rings. The van der Waals surface area contributed by atoms with Gasteiger partial charge in [0, 0.05) is 24.5 Å². The number of carbonyl (C=O) groups excluding carboxylic acids is 1. The zero-order chi connectivity index (χ0) is 13.1. The average molecular weight is 249 g/mol. The first-order valence-corrected chi connectivity index (χ1v) is 6.04. The van der Waals surface area contributed by atoms with Crippen LogP contribution >= 0.6 is 0 Å². The van der Waals surface area contributed by atoms with Crippen LogP contribution in [0.2, 0.25) is 0 Å². The third kappa shape index (κ3) is 2.56. The van der Waals surface area contributed by atoms with Gasteiger partial charge in [0.2, 0.25) is 0 Å². The summed E-state index contributed by atoms with van der Waals surface area (Å²) in [6.45, 7) is 0. The highest BCUT2D eigenvalue weighted by Gasteiger charge is 2.30. The molecule has 5 nitrogen and oxygen atoms in total. The molecule has 0 heterocycles. The summed E-state index contributed by atoms with van der Waals surface area (Å²) >= 11 is 0. The molecule has 1 fully saturated rings. The first-order valence-electron chi connectivity index (χ1n) is 6.04. The molecule has 1 aliphatic carbocycles. The number of rotatable bonds is 3. The predicted molar refractivity (Wildman–Crippen MR) is 65.0 cm³/mol. The molecule has 0 unspecified atom stereocenters. The van der Waals surface area contributed by atoms with Gasteiger partial charge in [0.1, 0.15) is 5.78 Å². The average Bonchev–Trinajstić information content (AvgIpc) is 2.38. The SMILES string of the molecule is O=C1CCCC[C@H]1[C@@H](O)c1cccc([N+](=O)[O-])c1. The standard InChI is InChI=1S/C13H15NO4/c15-12-7-2-1-6-11(12)13(16)9-4-3-5-10(8-9)14(17)18/h3-5,8,11,13,16H,1-2,6-7H2/t11-,13+/m1/s1. The van der Waals surface area contributed by atoms with E-state index in [1.807, 2.05) is 0 Å². The topological polar surface area (TPSA) is 80.4 Å². The summed E-state index contributed by atoms with van der Waals surface area (Å²) < 4.78 is 0. The number of nitro groups is 1. The first-order chi connectivity index (χ1) is 8.59. The summed E-state index contributed by atoms with van der Waals surface area (Å²) in [5.41, 5.74) is 0.388. The molecule has 2 atom stereocenters. The Morgan fingerprint density at radius 3 is 2.83 bits per heavy atom. The first kappa shape index (κ1) is 12.7. The summed E-state index contributed by atoms with van der Waals surface area (Å²) in [4.78, 5) is 21.9. The third-order valence-corrected chi connectivity index (χ3v) is 3.41. The van der Waals surface area contributed by atoms with Crippen LogP contribution in [0.1, 0.15) is 37.4 Å². The number of aliphatic hydroxyl groups is 1. The van der Waals surface area contributed by atoms with Crippen molar-refractivity contribution >= 4 is 11.5 Å². The van der Waals surface area contributed by atoms with Crippen molar-refractivity contribution in [1.29, 1.82) is 0 Å². The van der Waals surface area contributed by atoms with E-state index in [2.05, 4.69) is 0 Å². The highest BCUT2D eigenvalue weighted by molar-refractivity contribution is 5.82. The highest BCUT2D eigenvalue weighted by atomic mass is 16.6. The summed E-state index contributed by atoms with van der Waals surface area (Å²) in [5, 5.41) is 20.9. The Balaban J connectivity index is 2.22. The van der Waals surface area contributed by atoms with Crippen molar-refractivity contribution in [2.45, 2.75) is 31.8 Å². The number of carbonyl (C=O) groups is 1. The van der Waals surface area contributed by atoms with Crippen LogP contribution < -0.4 is 0 Å². The smallest absolute Gasteiger partial charge is 0.269 e. The van der Waals surface area contributed by atoms with Gasteiger partial charge in [-0.25, -0.2) is 0 Å². The summed E-state index contributed by atoms with van der Waals surface area (Å²) in [6, 6.07) is 5.87. The van der Waals surface area contributed by atoms with Gasteiger partial charge in [-0.2, -0.15) is 0 Å². The molecule has 1 saturated carbocycles. The fourth-order valence-electron chi connectivity index (χ4n) is 2.40. The molecule has 0 radical (unpaired) electrons. The zero-order valence-corrected chi connectivity index (χ0v) is 9.91. The minimum atomic E-state index is -0.933. The van der Waals surface area contributed by atoms with Crippen LogP contribution in [-0.2, 0) is 4.79 Å². The molecular weight excluding hydrogens is 234 g/mol. The molecule has 0 amide bonds. The molecule has 0 spiro atoms. The van der Waals surface area contributed by atoms with E-state index in [-0.39, 0.29) is 11.5 Å². The van der Waals surface area contributed by atoms with Crippen LogP contribution in [0.5, 0.6) is 0 Å².